The molecule has 1 aliphatic heterocycles. The maximum absolute atomic E-state index is 10.4. The van der Waals surface area contributed by atoms with Gasteiger partial charge < -0.3 is 10.2 Å². The van der Waals surface area contributed by atoms with E-state index in [1.807, 2.05) is 11.8 Å². The molecule has 1 fully saturated rings. The predicted octanol–water partition coefficient (Wildman–Crippen LogP) is 0.648. The van der Waals surface area contributed by atoms with Crippen molar-refractivity contribution >= 4 is 17.7 Å². The molecule has 0 spiro atoms. The smallest absolute Gasteiger partial charge is 0.306 e. The van der Waals surface area contributed by atoms with Crippen LogP contribution in [0.1, 0.15) is 20.3 Å². The van der Waals surface area contributed by atoms with Crippen molar-refractivity contribution in [3.8, 4) is 0 Å². The number of nitrogens with zero attached hydrogens (tertiary/aromatic N) is 1. The van der Waals surface area contributed by atoms with E-state index in [9.17, 15) is 9.90 Å². The number of hydrogen-bond acceptors (Lipinski definition) is 4. The van der Waals surface area contributed by atoms with Gasteiger partial charge in [-0.3, -0.25) is 9.69 Å². The minimum Gasteiger partial charge on any atom is -0.481 e. The predicted molar refractivity (Wildman–Crippen MR) is 61.2 cm³/mol. The number of rotatable bonds is 4. The normalized spacial score (nSPS) is 30.1. The van der Waals surface area contributed by atoms with E-state index in [0.717, 1.165) is 13.1 Å². The van der Waals surface area contributed by atoms with Crippen molar-refractivity contribution in [3.63, 3.8) is 0 Å². The zero-order chi connectivity index (χ0) is 11.4. The highest BCUT2D eigenvalue weighted by Crippen LogP contribution is 2.24. The molecule has 2 N–H and O–H groups in total. The molecule has 1 saturated heterocycles. The number of aliphatic hydroxyl groups excluding tert-OH is 1. The number of β-amino-alcohol motifs (C(OH)–C–C–N with tert-alkyl or cyclic N) is 1. The zero-order valence-corrected chi connectivity index (χ0v) is 10.0. The number of carbonyl (C=O) groups is 1. The molecule has 0 aromatic carbocycles. The van der Waals surface area contributed by atoms with Gasteiger partial charge in [0, 0.05) is 30.1 Å². The molecule has 3 unspecified atom stereocenters. The van der Waals surface area contributed by atoms with E-state index in [-0.39, 0.29) is 6.42 Å². The van der Waals surface area contributed by atoms with Crippen molar-refractivity contribution < 1.29 is 15.0 Å². The molecule has 0 saturated carbocycles. The third kappa shape index (κ3) is 4.86. The summed E-state index contributed by atoms with van der Waals surface area (Å²) < 4.78 is 0. The molecule has 0 amide bonds. The number of hydrogen-bond donors (Lipinski definition) is 2. The lowest BCUT2D eigenvalue weighted by Gasteiger charge is -2.35. The van der Waals surface area contributed by atoms with Crippen LogP contribution in [-0.2, 0) is 4.79 Å². The second-order valence-electron chi connectivity index (χ2n) is 4.23. The van der Waals surface area contributed by atoms with Crippen LogP contribution in [0.5, 0.6) is 0 Å². The van der Waals surface area contributed by atoms with Crippen LogP contribution < -0.4 is 0 Å². The number of aliphatic hydroxyl groups is 1. The molecule has 15 heavy (non-hydrogen) atoms. The number of thioether (sulfide) groups is 1. The Kier molecular flexibility index (Phi) is 4.89. The summed E-state index contributed by atoms with van der Waals surface area (Å²) >= 11 is 1.95. The summed E-state index contributed by atoms with van der Waals surface area (Å²) in [6.07, 6.45) is -0.906. The van der Waals surface area contributed by atoms with Crippen molar-refractivity contribution in [2.24, 2.45) is 0 Å². The molecule has 0 bridgehead atoms. The van der Waals surface area contributed by atoms with Gasteiger partial charge in [0.2, 0.25) is 0 Å². The summed E-state index contributed by atoms with van der Waals surface area (Å²) in [6, 6.07) is 0. The average Bonchev–Trinajstić information content (AvgIpc) is 1.98. The lowest BCUT2D eigenvalue weighted by molar-refractivity contribution is -0.139. The molecular formula is C10H19NO3S. The number of carboxylic acid groups (broad SMARTS) is 1. The molecule has 3 atom stereocenters. The van der Waals surface area contributed by atoms with E-state index < -0.39 is 12.1 Å². The van der Waals surface area contributed by atoms with E-state index in [4.69, 9.17) is 5.11 Å². The summed E-state index contributed by atoms with van der Waals surface area (Å²) in [7, 11) is 0. The van der Waals surface area contributed by atoms with Crippen molar-refractivity contribution in [1.82, 2.24) is 4.90 Å². The highest BCUT2D eigenvalue weighted by atomic mass is 32.2. The molecule has 0 radical (unpaired) electrons. The van der Waals surface area contributed by atoms with Gasteiger partial charge >= 0.3 is 5.97 Å². The van der Waals surface area contributed by atoms with E-state index in [1.165, 1.54) is 0 Å². The maximum atomic E-state index is 10.4. The first-order chi connectivity index (χ1) is 6.97. The number of aliphatic carboxylic acids is 1. The van der Waals surface area contributed by atoms with Gasteiger partial charge in [0.1, 0.15) is 0 Å². The van der Waals surface area contributed by atoms with Crippen LogP contribution in [0.4, 0.5) is 0 Å². The van der Waals surface area contributed by atoms with Crippen LogP contribution >= 0.6 is 11.8 Å². The van der Waals surface area contributed by atoms with E-state index in [0.29, 0.717) is 17.0 Å². The fourth-order valence-corrected chi connectivity index (χ4v) is 3.38. The summed E-state index contributed by atoms with van der Waals surface area (Å²) in [5, 5.41) is 19.2. The molecule has 1 aliphatic rings. The standard InChI is InChI=1S/C10H19NO3S/c1-7-4-11(5-8(2)15-7)6-9(12)3-10(13)14/h7-9,12H,3-6H2,1-2H3,(H,13,14). The summed E-state index contributed by atoms with van der Waals surface area (Å²) in [5.41, 5.74) is 0. The Bertz CT molecular complexity index is 215. The minimum atomic E-state index is -0.935. The SMILES string of the molecule is CC1CN(CC(O)CC(=O)O)CC(C)S1. The van der Waals surface area contributed by atoms with Gasteiger partial charge in [-0.05, 0) is 0 Å². The molecule has 88 valence electrons. The molecule has 0 aromatic heterocycles. The van der Waals surface area contributed by atoms with Gasteiger partial charge in [-0.25, -0.2) is 0 Å². The molecule has 4 nitrogen and oxygen atoms in total. The average molecular weight is 233 g/mol. The van der Waals surface area contributed by atoms with Crippen molar-refractivity contribution in [2.45, 2.75) is 36.9 Å². The quantitative estimate of drug-likeness (QED) is 0.746. The largest absolute Gasteiger partial charge is 0.481 e. The van der Waals surface area contributed by atoms with Crippen LogP contribution in [-0.4, -0.2) is 57.3 Å². The summed E-state index contributed by atoms with van der Waals surface area (Å²) in [4.78, 5) is 12.5. The lowest BCUT2D eigenvalue weighted by Crippen LogP contribution is -2.44. The van der Waals surface area contributed by atoms with Gasteiger partial charge in [-0.15, -0.1) is 0 Å². The zero-order valence-electron chi connectivity index (χ0n) is 9.22. The van der Waals surface area contributed by atoms with Crippen molar-refractivity contribution in [2.75, 3.05) is 19.6 Å². The van der Waals surface area contributed by atoms with Crippen LogP contribution in [0.3, 0.4) is 0 Å². The van der Waals surface area contributed by atoms with Gasteiger partial charge in [0.25, 0.3) is 0 Å². The molecule has 1 heterocycles. The molecule has 0 aliphatic carbocycles. The molecule has 1 rings (SSSR count). The Labute approximate surface area is 94.7 Å². The lowest BCUT2D eigenvalue weighted by atomic mass is 10.2. The Balaban J connectivity index is 2.33. The fraction of sp³-hybridized carbons (Fsp3) is 0.900. The molecular weight excluding hydrogens is 214 g/mol. The van der Waals surface area contributed by atoms with Gasteiger partial charge in [-0.2, -0.15) is 11.8 Å². The first kappa shape index (κ1) is 12.8. The third-order valence-corrected chi connectivity index (χ3v) is 3.60. The Morgan fingerprint density at radius 3 is 2.47 bits per heavy atom. The first-order valence-electron chi connectivity index (χ1n) is 5.25. The highest BCUT2D eigenvalue weighted by Gasteiger charge is 2.24. The van der Waals surface area contributed by atoms with Crippen molar-refractivity contribution in [1.29, 1.82) is 0 Å². The second kappa shape index (κ2) is 5.72. The minimum absolute atomic E-state index is 0.160. The molecule has 0 aromatic rings. The third-order valence-electron chi connectivity index (χ3n) is 2.37. The van der Waals surface area contributed by atoms with Gasteiger partial charge in [-0.1, -0.05) is 13.8 Å². The Morgan fingerprint density at radius 1 is 1.47 bits per heavy atom. The van der Waals surface area contributed by atoms with Crippen LogP contribution in [0.15, 0.2) is 0 Å². The monoisotopic (exact) mass is 233 g/mol. The van der Waals surface area contributed by atoms with E-state index >= 15 is 0 Å². The van der Waals surface area contributed by atoms with Crippen LogP contribution in [0.2, 0.25) is 0 Å². The van der Waals surface area contributed by atoms with Gasteiger partial charge in [0.05, 0.1) is 12.5 Å². The Morgan fingerprint density at radius 2 is 2.00 bits per heavy atom. The van der Waals surface area contributed by atoms with E-state index in [1.54, 1.807) is 0 Å². The summed E-state index contributed by atoms with van der Waals surface area (Å²) in [6.45, 7) is 6.67. The Hall–Kier alpha value is -0.260. The van der Waals surface area contributed by atoms with E-state index in [2.05, 4.69) is 18.7 Å². The number of carboxylic acids is 1. The van der Waals surface area contributed by atoms with Crippen LogP contribution in [0, 0.1) is 0 Å². The van der Waals surface area contributed by atoms with Crippen molar-refractivity contribution in [3.05, 3.63) is 0 Å². The fourth-order valence-electron chi connectivity index (χ4n) is 2.00. The summed E-state index contributed by atoms with van der Waals surface area (Å²) in [5.74, 6) is -0.935. The topological polar surface area (TPSA) is 60.8 Å². The first-order valence-corrected chi connectivity index (χ1v) is 6.19. The second-order valence-corrected chi connectivity index (χ2v) is 6.11. The maximum Gasteiger partial charge on any atom is 0.306 e. The molecule has 5 heteroatoms. The van der Waals surface area contributed by atoms with Crippen LogP contribution in [0.25, 0.3) is 0 Å². The highest BCUT2D eigenvalue weighted by molar-refractivity contribution is 8.00. The van der Waals surface area contributed by atoms with Gasteiger partial charge in [0.15, 0.2) is 0 Å².